The van der Waals surface area contributed by atoms with Crippen molar-refractivity contribution >= 4 is 28.9 Å². The summed E-state index contributed by atoms with van der Waals surface area (Å²) in [5.41, 5.74) is 7.19. The predicted octanol–water partition coefficient (Wildman–Crippen LogP) is 2.33. The van der Waals surface area contributed by atoms with E-state index in [1.165, 1.54) is 6.33 Å². The van der Waals surface area contributed by atoms with Crippen LogP contribution in [-0.4, -0.2) is 44.3 Å². The van der Waals surface area contributed by atoms with E-state index >= 15 is 0 Å². The number of hydrogen-bond acceptors (Lipinski definition) is 7. The Morgan fingerprint density at radius 1 is 1.22 bits per heavy atom. The minimum Gasteiger partial charge on any atom is -0.444 e. The van der Waals surface area contributed by atoms with Gasteiger partial charge >= 0.3 is 6.09 Å². The molecule has 0 aliphatic heterocycles. The van der Waals surface area contributed by atoms with Gasteiger partial charge in [-0.2, -0.15) is 0 Å². The monoisotopic (exact) mass is 369 g/mol. The van der Waals surface area contributed by atoms with Crippen molar-refractivity contribution in [3.63, 3.8) is 0 Å². The van der Waals surface area contributed by atoms with Crippen molar-refractivity contribution in [2.75, 3.05) is 24.1 Å². The zero-order valence-corrected chi connectivity index (χ0v) is 15.6. The Balaban J connectivity index is 1.64. The van der Waals surface area contributed by atoms with Crippen LogP contribution in [0.25, 0.3) is 16.9 Å². The average Bonchev–Trinajstić information content (AvgIpc) is 2.93. The van der Waals surface area contributed by atoms with Gasteiger partial charge in [-0.25, -0.2) is 19.7 Å². The molecule has 0 fully saturated rings. The first kappa shape index (κ1) is 18.4. The smallest absolute Gasteiger partial charge is 0.407 e. The molecule has 0 saturated carbocycles. The summed E-state index contributed by atoms with van der Waals surface area (Å²) in [6.07, 6.45) is 0.998. The van der Waals surface area contributed by atoms with E-state index in [4.69, 9.17) is 10.5 Å². The first-order valence-corrected chi connectivity index (χ1v) is 8.59. The second-order valence-corrected chi connectivity index (χ2v) is 6.91. The lowest BCUT2D eigenvalue weighted by Gasteiger charge is -2.19. The summed E-state index contributed by atoms with van der Waals surface area (Å²) in [5, 5.41) is 5.82. The zero-order chi connectivity index (χ0) is 19.4. The van der Waals surface area contributed by atoms with Gasteiger partial charge in [0.25, 0.3) is 0 Å². The van der Waals surface area contributed by atoms with E-state index in [0.717, 1.165) is 11.0 Å². The number of rotatable bonds is 5. The number of nitrogen functional groups attached to an aromatic ring is 1. The van der Waals surface area contributed by atoms with Gasteiger partial charge in [0.2, 0.25) is 5.95 Å². The molecule has 0 unspecified atom stereocenters. The number of hydrogen-bond donors (Lipinski definition) is 3. The molecule has 0 aliphatic carbocycles. The largest absolute Gasteiger partial charge is 0.444 e. The van der Waals surface area contributed by atoms with Crippen LogP contribution in [0.15, 0.2) is 36.7 Å². The fourth-order valence-electron chi connectivity index (χ4n) is 2.52. The minimum atomic E-state index is -0.521. The molecule has 3 rings (SSSR count). The molecule has 0 saturated heterocycles. The number of nitrogens with two attached hydrogens (primary N) is 1. The third-order valence-corrected chi connectivity index (χ3v) is 3.57. The fraction of sp³-hybridized carbons (Fsp3) is 0.333. The van der Waals surface area contributed by atoms with E-state index < -0.39 is 11.7 Å². The molecule has 9 nitrogen and oxygen atoms in total. The molecule has 0 bridgehead atoms. The number of anilines is 2. The van der Waals surface area contributed by atoms with Crippen molar-refractivity contribution in [2.24, 2.45) is 0 Å². The molecule has 0 radical (unpaired) electrons. The highest BCUT2D eigenvalue weighted by molar-refractivity contribution is 5.80. The Bertz CT molecular complexity index is 946. The SMILES string of the molecule is CC(C)(C)OC(=O)NCCNc1cc(-n2c(N)nc3ccccc32)ncn1. The number of benzene rings is 1. The van der Waals surface area contributed by atoms with Crippen LogP contribution in [0.4, 0.5) is 16.6 Å². The van der Waals surface area contributed by atoms with Crippen LogP contribution >= 0.6 is 0 Å². The van der Waals surface area contributed by atoms with Crippen LogP contribution in [0.2, 0.25) is 0 Å². The number of carbonyl (C=O) groups is 1. The van der Waals surface area contributed by atoms with Gasteiger partial charge in [-0.05, 0) is 32.9 Å². The van der Waals surface area contributed by atoms with Crippen molar-refractivity contribution in [1.82, 2.24) is 24.8 Å². The number of nitrogens with one attached hydrogen (secondary N) is 2. The summed E-state index contributed by atoms with van der Waals surface area (Å²) in [6.45, 7) is 6.33. The number of imidazole rings is 1. The Labute approximate surface area is 157 Å². The number of para-hydroxylation sites is 2. The highest BCUT2D eigenvalue weighted by atomic mass is 16.6. The van der Waals surface area contributed by atoms with Crippen LogP contribution in [0.3, 0.4) is 0 Å². The molecule has 4 N–H and O–H groups in total. The second-order valence-electron chi connectivity index (χ2n) is 6.91. The minimum absolute atomic E-state index is 0.354. The number of alkyl carbamates (subject to hydrolysis) is 1. The number of nitrogens with zero attached hydrogens (tertiary/aromatic N) is 4. The lowest BCUT2D eigenvalue weighted by molar-refractivity contribution is 0.0530. The van der Waals surface area contributed by atoms with E-state index in [1.54, 1.807) is 10.6 Å². The van der Waals surface area contributed by atoms with Crippen LogP contribution in [0.1, 0.15) is 20.8 Å². The molecule has 0 aliphatic rings. The Hall–Kier alpha value is -3.36. The fourth-order valence-corrected chi connectivity index (χ4v) is 2.52. The van der Waals surface area contributed by atoms with Gasteiger partial charge < -0.3 is 21.1 Å². The van der Waals surface area contributed by atoms with Crippen LogP contribution in [0, 0.1) is 0 Å². The molecule has 1 aromatic carbocycles. The third kappa shape index (κ3) is 4.63. The van der Waals surface area contributed by atoms with Crippen molar-refractivity contribution in [3.8, 4) is 5.82 Å². The molecule has 3 aromatic rings. The van der Waals surface area contributed by atoms with E-state index in [0.29, 0.717) is 30.7 Å². The molecule has 2 aromatic heterocycles. The highest BCUT2D eigenvalue weighted by Gasteiger charge is 2.15. The quantitative estimate of drug-likeness (QED) is 0.590. The van der Waals surface area contributed by atoms with E-state index in [-0.39, 0.29) is 0 Å². The van der Waals surface area contributed by atoms with E-state index in [9.17, 15) is 4.79 Å². The normalized spacial score (nSPS) is 11.4. The van der Waals surface area contributed by atoms with Crippen LogP contribution in [0.5, 0.6) is 0 Å². The summed E-state index contributed by atoms with van der Waals surface area (Å²) in [6, 6.07) is 9.42. The maximum Gasteiger partial charge on any atom is 0.407 e. The first-order chi connectivity index (χ1) is 12.8. The Morgan fingerprint density at radius 2 is 2.00 bits per heavy atom. The Morgan fingerprint density at radius 3 is 2.78 bits per heavy atom. The third-order valence-electron chi connectivity index (χ3n) is 3.57. The molecular formula is C18H23N7O2. The molecule has 1 amide bonds. The average molecular weight is 369 g/mol. The van der Waals surface area contributed by atoms with Gasteiger partial charge in [0.1, 0.15) is 23.6 Å². The van der Waals surface area contributed by atoms with Gasteiger partial charge in [-0.15, -0.1) is 0 Å². The number of amides is 1. The number of fused-ring (bicyclic) bond motifs is 1. The van der Waals surface area contributed by atoms with Crippen molar-refractivity contribution < 1.29 is 9.53 Å². The van der Waals surface area contributed by atoms with Crippen molar-refractivity contribution in [2.45, 2.75) is 26.4 Å². The van der Waals surface area contributed by atoms with Crippen LogP contribution < -0.4 is 16.4 Å². The molecular weight excluding hydrogens is 346 g/mol. The first-order valence-electron chi connectivity index (χ1n) is 8.59. The number of aromatic nitrogens is 4. The summed E-state index contributed by atoms with van der Waals surface area (Å²) >= 11 is 0. The summed E-state index contributed by atoms with van der Waals surface area (Å²) < 4.78 is 6.95. The van der Waals surface area contributed by atoms with Gasteiger partial charge in [-0.3, -0.25) is 4.57 Å². The molecule has 2 heterocycles. The van der Waals surface area contributed by atoms with Crippen molar-refractivity contribution in [1.29, 1.82) is 0 Å². The topological polar surface area (TPSA) is 120 Å². The van der Waals surface area contributed by atoms with E-state index in [2.05, 4.69) is 25.6 Å². The zero-order valence-electron chi connectivity index (χ0n) is 15.6. The lowest BCUT2D eigenvalue weighted by atomic mass is 10.2. The summed E-state index contributed by atoms with van der Waals surface area (Å²) in [4.78, 5) is 24.5. The van der Waals surface area contributed by atoms with E-state index in [1.807, 2.05) is 45.0 Å². The molecule has 142 valence electrons. The molecule has 0 atom stereocenters. The standard InChI is InChI=1S/C18H23N7O2/c1-18(2,3)27-17(26)21-9-8-20-14-10-15(23-11-22-14)25-13-7-5-4-6-12(13)24-16(25)19/h4-7,10-11H,8-9H2,1-3H3,(H2,19,24)(H,21,26)(H,20,22,23). The molecule has 9 heteroatoms. The molecule has 27 heavy (non-hydrogen) atoms. The number of ether oxygens (including phenoxy) is 1. The Kier molecular flexibility index (Phi) is 5.11. The van der Waals surface area contributed by atoms with Crippen LogP contribution in [-0.2, 0) is 4.74 Å². The second kappa shape index (κ2) is 7.48. The van der Waals surface area contributed by atoms with Gasteiger partial charge in [0, 0.05) is 19.2 Å². The molecule has 0 spiro atoms. The summed E-state index contributed by atoms with van der Waals surface area (Å²) in [5.74, 6) is 1.58. The number of carbonyl (C=O) groups excluding carboxylic acids is 1. The van der Waals surface area contributed by atoms with Gasteiger partial charge in [0.15, 0.2) is 0 Å². The van der Waals surface area contributed by atoms with Gasteiger partial charge in [0.05, 0.1) is 11.0 Å². The maximum atomic E-state index is 11.6. The highest BCUT2D eigenvalue weighted by Crippen LogP contribution is 2.22. The summed E-state index contributed by atoms with van der Waals surface area (Å²) in [7, 11) is 0. The van der Waals surface area contributed by atoms with Crippen molar-refractivity contribution in [3.05, 3.63) is 36.7 Å². The lowest BCUT2D eigenvalue weighted by Crippen LogP contribution is -2.35. The maximum absolute atomic E-state index is 11.6. The predicted molar refractivity (Wildman–Crippen MR) is 104 cm³/mol. The van der Waals surface area contributed by atoms with Gasteiger partial charge in [-0.1, -0.05) is 12.1 Å².